The molecule has 0 spiro atoms. The molecule has 2 N–H and O–H groups in total. The van der Waals surface area contributed by atoms with Crippen molar-refractivity contribution in [2.24, 2.45) is 5.73 Å². The van der Waals surface area contributed by atoms with Crippen LogP contribution in [0.5, 0.6) is 0 Å². The Morgan fingerprint density at radius 1 is 1.00 bits per heavy atom. The smallest absolute Gasteiger partial charge is 0.0827 e. The maximum absolute atomic E-state index is 5.48. The minimum atomic E-state index is 0.755. The van der Waals surface area contributed by atoms with E-state index in [0.717, 1.165) is 50.9 Å². The van der Waals surface area contributed by atoms with Crippen LogP contribution in [-0.4, -0.2) is 21.5 Å². The molecule has 0 fully saturated rings. The second-order valence-corrected chi connectivity index (χ2v) is 4.81. The molecule has 1 aromatic carbocycles. The second kappa shape index (κ2) is 7.69. The molecule has 0 amide bonds. The summed E-state index contributed by atoms with van der Waals surface area (Å²) in [5.74, 6) is 0. The fourth-order valence-corrected chi connectivity index (χ4v) is 2.10. The molecule has 1 aromatic heterocycles. The van der Waals surface area contributed by atoms with Crippen LogP contribution in [0.25, 0.3) is 0 Å². The van der Waals surface area contributed by atoms with Crippen LogP contribution in [0.2, 0.25) is 0 Å². The van der Waals surface area contributed by atoms with Crippen molar-refractivity contribution < 1.29 is 0 Å². The molecule has 19 heavy (non-hydrogen) atoms. The quantitative estimate of drug-likeness (QED) is 0.738. The molecule has 0 unspecified atom stereocenters. The Bertz CT molecular complexity index is 464. The highest BCUT2D eigenvalue weighted by Gasteiger charge is 2.00. The molecule has 0 bridgehead atoms. The standard InChI is InChI=1S/C15H22N4/c16-11-5-4-10-15-13-19(18-17-15)12-6-9-14-7-2-1-3-8-14/h1-3,7-8,13H,4-6,9-12,16H2. The highest BCUT2D eigenvalue weighted by molar-refractivity contribution is 5.14. The number of unbranched alkanes of at least 4 members (excludes halogenated alkanes) is 1. The largest absolute Gasteiger partial charge is 0.330 e. The highest BCUT2D eigenvalue weighted by Crippen LogP contribution is 2.05. The zero-order valence-corrected chi connectivity index (χ0v) is 11.3. The molecule has 2 rings (SSSR count). The number of rotatable bonds is 8. The number of aromatic nitrogens is 3. The van der Waals surface area contributed by atoms with Crippen molar-refractivity contribution in [3.05, 3.63) is 47.8 Å². The first kappa shape index (κ1) is 13.7. The van der Waals surface area contributed by atoms with E-state index in [0.29, 0.717) is 0 Å². The Hall–Kier alpha value is -1.68. The first-order chi connectivity index (χ1) is 9.38. The summed E-state index contributed by atoms with van der Waals surface area (Å²) in [5.41, 5.74) is 7.93. The Balaban J connectivity index is 1.71. The topological polar surface area (TPSA) is 56.7 Å². The zero-order valence-electron chi connectivity index (χ0n) is 11.3. The monoisotopic (exact) mass is 258 g/mol. The van der Waals surface area contributed by atoms with Gasteiger partial charge in [-0.05, 0) is 44.2 Å². The van der Waals surface area contributed by atoms with Crippen LogP contribution in [-0.2, 0) is 19.4 Å². The van der Waals surface area contributed by atoms with Crippen LogP contribution in [0.15, 0.2) is 36.5 Å². The van der Waals surface area contributed by atoms with Crippen LogP contribution in [0.1, 0.15) is 30.5 Å². The Morgan fingerprint density at radius 2 is 1.84 bits per heavy atom. The van der Waals surface area contributed by atoms with E-state index in [1.165, 1.54) is 5.56 Å². The highest BCUT2D eigenvalue weighted by atomic mass is 15.4. The lowest BCUT2D eigenvalue weighted by Gasteiger charge is -2.01. The van der Waals surface area contributed by atoms with Crippen molar-refractivity contribution in [1.29, 1.82) is 0 Å². The fourth-order valence-electron chi connectivity index (χ4n) is 2.10. The third-order valence-corrected chi connectivity index (χ3v) is 3.17. The third-order valence-electron chi connectivity index (χ3n) is 3.17. The lowest BCUT2D eigenvalue weighted by Crippen LogP contribution is -2.00. The van der Waals surface area contributed by atoms with Gasteiger partial charge in [0.25, 0.3) is 0 Å². The first-order valence-electron chi connectivity index (χ1n) is 7.01. The lowest BCUT2D eigenvalue weighted by atomic mass is 10.1. The molecule has 1 heterocycles. The SMILES string of the molecule is NCCCCc1cn(CCCc2ccccc2)nn1. The number of nitrogens with two attached hydrogens (primary N) is 1. The molecule has 2 aromatic rings. The van der Waals surface area contributed by atoms with Gasteiger partial charge in [0.05, 0.1) is 5.69 Å². The van der Waals surface area contributed by atoms with Crippen molar-refractivity contribution >= 4 is 0 Å². The van der Waals surface area contributed by atoms with Gasteiger partial charge < -0.3 is 5.73 Å². The molecule has 0 atom stereocenters. The van der Waals surface area contributed by atoms with Gasteiger partial charge in [0.15, 0.2) is 0 Å². The summed E-state index contributed by atoms with van der Waals surface area (Å²) in [5, 5.41) is 8.35. The van der Waals surface area contributed by atoms with Gasteiger partial charge in [-0.15, -0.1) is 5.10 Å². The van der Waals surface area contributed by atoms with E-state index in [4.69, 9.17) is 5.73 Å². The van der Waals surface area contributed by atoms with Gasteiger partial charge in [0, 0.05) is 12.7 Å². The summed E-state index contributed by atoms with van der Waals surface area (Å²) in [4.78, 5) is 0. The molecule has 0 saturated carbocycles. The van der Waals surface area contributed by atoms with Gasteiger partial charge in [-0.3, -0.25) is 4.68 Å². The minimum Gasteiger partial charge on any atom is -0.330 e. The van der Waals surface area contributed by atoms with Gasteiger partial charge in [-0.25, -0.2) is 0 Å². The van der Waals surface area contributed by atoms with Crippen molar-refractivity contribution in [3.8, 4) is 0 Å². The average molecular weight is 258 g/mol. The van der Waals surface area contributed by atoms with E-state index in [1.807, 2.05) is 4.68 Å². The van der Waals surface area contributed by atoms with Crippen LogP contribution in [0, 0.1) is 0 Å². The van der Waals surface area contributed by atoms with Gasteiger partial charge >= 0.3 is 0 Å². The normalized spacial score (nSPS) is 10.8. The Morgan fingerprint density at radius 3 is 2.63 bits per heavy atom. The maximum Gasteiger partial charge on any atom is 0.0827 e. The molecule has 0 radical (unpaired) electrons. The van der Waals surface area contributed by atoms with Gasteiger partial charge in [0.2, 0.25) is 0 Å². The van der Waals surface area contributed by atoms with Crippen molar-refractivity contribution in [3.63, 3.8) is 0 Å². The Labute approximate surface area is 114 Å². The number of benzene rings is 1. The van der Waals surface area contributed by atoms with E-state index in [1.54, 1.807) is 0 Å². The summed E-state index contributed by atoms with van der Waals surface area (Å²) in [7, 11) is 0. The predicted octanol–water partition coefficient (Wildman–Crippen LogP) is 2.19. The van der Waals surface area contributed by atoms with Crippen LogP contribution in [0.4, 0.5) is 0 Å². The van der Waals surface area contributed by atoms with E-state index < -0.39 is 0 Å². The Kier molecular flexibility index (Phi) is 5.56. The van der Waals surface area contributed by atoms with E-state index in [2.05, 4.69) is 46.8 Å². The third kappa shape index (κ3) is 4.83. The lowest BCUT2D eigenvalue weighted by molar-refractivity contribution is 0.558. The second-order valence-electron chi connectivity index (χ2n) is 4.81. The zero-order chi connectivity index (χ0) is 13.3. The van der Waals surface area contributed by atoms with Gasteiger partial charge in [-0.1, -0.05) is 35.5 Å². The first-order valence-corrected chi connectivity index (χ1v) is 7.01. The average Bonchev–Trinajstić information content (AvgIpc) is 2.88. The van der Waals surface area contributed by atoms with Gasteiger partial charge in [0.1, 0.15) is 0 Å². The predicted molar refractivity (Wildman–Crippen MR) is 76.8 cm³/mol. The number of nitrogens with zero attached hydrogens (tertiary/aromatic N) is 3. The molecular formula is C15H22N4. The van der Waals surface area contributed by atoms with Crippen LogP contribution < -0.4 is 5.73 Å². The molecule has 0 aliphatic carbocycles. The van der Waals surface area contributed by atoms with Crippen LogP contribution in [0.3, 0.4) is 0 Å². The fraction of sp³-hybridized carbons (Fsp3) is 0.467. The molecule has 4 heteroatoms. The summed E-state index contributed by atoms with van der Waals surface area (Å²) >= 11 is 0. The van der Waals surface area contributed by atoms with E-state index in [9.17, 15) is 0 Å². The summed E-state index contributed by atoms with van der Waals surface area (Å²) in [6, 6.07) is 10.6. The molecule has 4 nitrogen and oxygen atoms in total. The molecule has 0 aliphatic heterocycles. The van der Waals surface area contributed by atoms with Crippen LogP contribution >= 0.6 is 0 Å². The molecule has 0 saturated heterocycles. The summed E-state index contributed by atoms with van der Waals surface area (Å²) < 4.78 is 1.95. The maximum atomic E-state index is 5.48. The number of hydrogen-bond donors (Lipinski definition) is 1. The number of aryl methyl sites for hydroxylation is 3. The number of hydrogen-bond acceptors (Lipinski definition) is 3. The molecular weight excluding hydrogens is 236 g/mol. The van der Waals surface area contributed by atoms with Crippen molar-refractivity contribution in [2.75, 3.05) is 6.54 Å². The minimum absolute atomic E-state index is 0.755. The molecule has 102 valence electrons. The van der Waals surface area contributed by atoms with E-state index >= 15 is 0 Å². The van der Waals surface area contributed by atoms with Gasteiger partial charge in [-0.2, -0.15) is 0 Å². The van der Waals surface area contributed by atoms with Crippen molar-refractivity contribution in [2.45, 2.75) is 38.6 Å². The van der Waals surface area contributed by atoms with E-state index in [-0.39, 0.29) is 0 Å². The summed E-state index contributed by atoms with van der Waals surface area (Å²) in [6.07, 6.45) is 7.37. The molecule has 0 aliphatic rings. The van der Waals surface area contributed by atoms with Crippen molar-refractivity contribution in [1.82, 2.24) is 15.0 Å². The summed E-state index contributed by atoms with van der Waals surface area (Å²) in [6.45, 7) is 1.68.